The van der Waals surface area contributed by atoms with Gasteiger partial charge in [0.15, 0.2) is 0 Å². The minimum Gasteiger partial charge on any atom is -0.494 e. The lowest BCUT2D eigenvalue weighted by Crippen LogP contribution is -2.19. The Labute approximate surface area is 139 Å². The van der Waals surface area contributed by atoms with Crippen molar-refractivity contribution in [2.75, 3.05) is 6.61 Å². The van der Waals surface area contributed by atoms with Gasteiger partial charge in [-0.25, -0.2) is 4.79 Å². The van der Waals surface area contributed by atoms with Crippen LogP contribution in [0.5, 0.6) is 5.75 Å². The van der Waals surface area contributed by atoms with Crippen LogP contribution < -0.4 is 4.74 Å². The molecule has 0 unspecified atom stereocenters. The van der Waals surface area contributed by atoms with Crippen LogP contribution in [0.1, 0.15) is 63.9 Å². The van der Waals surface area contributed by atoms with Crippen molar-refractivity contribution < 1.29 is 14.6 Å². The van der Waals surface area contributed by atoms with Crippen LogP contribution >= 0.6 is 0 Å². The number of hydrogen-bond donors (Lipinski definition) is 1. The molecule has 1 saturated carbocycles. The van der Waals surface area contributed by atoms with Crippen LogP contribution in [-0.2, 0) is 4.79 Å². The molecule has 1 aliphatic carbocycles. The molecule has 1 N–H and O–H groups in total. The van der Waals surface area contributed by atoms with Gasteiger partial charge in [0, 0.05) is 5.57 Å². The highest BCUT2D eigenvalue weighted by Gasteiger charge is 2.27. The topological polar surface area (TPSA) is 46.5 Å². The van der Waals surface area contributed by atoms with Gasteiger partial charge in [-0.3, -0.25) is 0 Å². The lowest BCUT2D eigenvalue weighted by molar-refractivity contribution is -0.133. The van der Waals surface area contributed by atoms with E-state index in [1.165, 1.54) is 5.56 Å². The molecule has 23 heavy (non-hydrogen) atoms. The summed E-state index contributed by atoms with van der Waals surface area (Å²) in [6.07, 6.45) is 7.87. The second kappa shape index (κ2) is 8.76. The Morgan fingerprint density at radius 3 is 2.35 bits per heavy atom. The third kappa shape index (κ3) is 4.85. The number of allylic oxidation sites excluding steroid dienone is 1. The SMILES string of the molecule is CCCC=C(C(=O)O)C1CCC(c2ccc(OCC)cc2)CC1. The molecule has 0 bridgehead atoms. The number of carboxylic acid groups (broad SMARTS) is 1. The molecule has 0 heterocycles. The van der Waals surface area contributed by atoms with Crippen LogP contribution in [0, 0.1) is 5.92 Å². The Bertz CT molecular complexity index is 522. The molecule has 1 aliphatic rings. The predicted octanol–water partition coefficient (Wildman–Crippen LogP) is 5.17. The Morgan fingerprint density at radius 1 is 1.17 bits per heavy atom. The van der Waals surface area contributed by atoms with Crippen LogP contribution in [0.4, 0.5) is 0 Å². The smallest absolute Gasteiger partial charge is 0.331 e. The van der Waals surface area contributed by atoms with E-state index in [9.17, 15) is 9.90 Å². The van der Waals surface area contributed by atoms with E-state index >= 15 is 0 Å². The zero-order chi connectivity index (χ0) is 16.7. The fraction of sp³-hybridized carbons (Fsp3) is 0.550. The molecule has 1 fully saturated rings. The minimum absolute atomic E-state index is 0.220. The summed E-state index contributed by atoms with van der Waals surface area (Å²) >= 11 is 0. The van der Waals surface area contributed by atoms with Gasteiger partial charge in [0.05, 0.1) is 6.61 Å². The predicted molar refractivity (Wildman–Crippen MR) is 92.9 cm³/mol. The Kier molecular flexibility index (Phi) is 6.69. The normalized spacial score (nSPS) is 21.9. The van der Waals surface area contributed by atoms with E-state index in [-0.39, 0.29) is 5.92 Å². The van der Waals surface area contributed by atoms with Gasteiger partial charge in [0.25, 0.3) is 0 Å². The van der Waals surface area contributed by atoms with E-state index in [0.29, 0.717) is 18.1 Å². The first-order chi connectivity index (χ1) is 11.2. The van der Waals surface area contributed by atoms with E-state index in [1.807, 2.05) is 25.1 Å². The largest absolute Gasteiger partial charge is 0.494 e. The van der Waals surface area contributed by atoms with Gasteiger partial charge in [-0.2, -0.15) is 0 Å². The monoisotopic (exact) mass is 316 g/mol. The van der Waals surface area contributed by atoms with Crippen molar-refractivity contribution in [3.8, 4) is 5.75 Å². The van der Waals surface area contributed by atoms with Gasteiger partial charge in [-0.1, -0.05) is 31.6 Å². The highest BCUT2D eigenvalue weighted by Crippen LogP contribution is 2.39. The molecule has 2 rings (SSSR count). The summed E-state index contributed by atoms with van der Waals surface area (Å²) in [4.78, 5) is 11.5. The van der Waals surface area contributed by atoms with Crippen LogP contribution in [0.2, 0.25) is 0 Å². The first kappa shape index (κ1) is 17.6. The van der Waals surface area contributed by atoms with E-state index < -0.39 is 5.97 Å². The maximum absolute atomic E-state index is 11.5. The maximum atomic E-state index is 11.5. The molecular formula is C20H28O3. The second-order valence-corrected chi connectivity index (χ2v) is 6.30. The van der Waals surface area contributed by atoms with Crippen LogP contribution in [0.3, 0.4) is 0 Å². The van der Waals surface area contributed by atoms with Crippen LogP contribution in [0.15, 0.2) is 35.9 Å². The fourth-order valence-electron chi connectivity index (χ4n) is 3.47. The summed E-state index contributed by atoms with van der Waals surface area (Å²) < 4.78 is 5.49. The van der Waals surface area contributed by atoms with Gasteiger partial charge < -0.3 is 9.84 Å². The third-order valence-corrected chi connectivity index (χ3v) is 4.73. The number of benzene rings is 1. The molecule has 0 spiro atoms. The molecule has 0 aliphatic heterocycles. The average Bonchev–Trinajstić information content (AvgIpc) is 2.57. The molecule has 1 aromatic rings. The van der Waals surface area contributed by atoms with Gasteiger partial charge in [-0.05, 0) is 68.6 Å². The van der Waals surface area contributed by atoms with Gasteiger partial charge in [0.2, 0.25) is 0 Å². The molecular weight excluding hydrogens is 288 g/mol. The van der Waals surface area contributed by atoms with E-state index in [0.717, 1.165) is 44.3 Å². The first-order valence-corrected chi connectivity index (χ1v) is 8.81. The minimum atomic E-state index is -0.733. The van der Waals surface area contributed by atoms with E-state index in [4.69, 9.17) is 4.74 Å². The number of hydrogen-bond acceptors (Lipinski definition) is 2. The maximum Gasteiger partial charge on any atom is 0.331 e. The van der Waals surface area contributed by atoms with Crippen molar-refractivity contribution in [3.05, 3.63) is 41.5 Å². The summed E-state index contributed by atoms with van der Waals surface area (Å²) in [5.41, 5.74) is 1.98. The lowest BCUT2D eigenvalue weighted by Gasteiger charge is -2.29. The molecule has 0 amide bonds. The highest BCUT2D eigenvalue weighted by molar-refractivity contribution is 5.87. The molecule has 3 heteroatoms. The Balaban J connectivity index is 1.96. The number of carboxylic acids is 1. The third-order valence-electron chi connectivity index (χ3n) is 4.73. The molecule has 3 nitrogen and oxygen atoms in total. The van der Waals surface area contributed by atoms with Crippen LogP contribution in [0.25, 0.3) is 0 Å². The van der Waals surface area contributed by atoms with E-state index in [2.05, 4.69) is 19.1 Å². The van der Waals surface area contributed by atoms with Crippen LogP contribution in [-0.4, -0.2) is 17.7 Å². The van der Waals surface area contributed by atoms with Gasteiger partial charge in [0.1, 0.15) is 5.75 Å². The van der Waals surface area contributed by atoms with Crippen molar-refractivity contribution in [1.29, 1.82) is 0 Å². The van der Waals surface area contributed by atoms with Crippen molar-refractivity contribution in [2.45, 2.75) is 58.3 Å². The molecule has 0 aromatic heterocycles. The summed E-state index contributed by atoms with van der Waals surface area (Å²) in [5.74, 6) is 0.949. The fourth-order valence-corrected chi connectivity index (χ4v) is 3.47. The number of rotatable bonds is 7. The summed E-state index contributed by atoms with van der Waals surface area (Å²) in [5, 5.41) is 9.43. The first-order valence-electron chi connectivity index (χ1n) is 8.81. The van der Waals surface area contributed by atoms with E-state index in [1.54, 1.807) is 0 Å². The number of carbonyl (C=O) groups is 1. The Hall–Kier alpha value is -1.77. The zero-order valence-corrected chi connectivity index (χ0v) is 14.3. The lowest BCUT2D eigenvalue weighted by atomic mass is 9.75. The van der Waals surface area contributed by atoms with Crippen molar-refractivity contribution in [3.63, 3.8) is 0 Å². The Morgan fingerprint density at radius 2 is 1.83 bits per heavy atom. The molecule has 126 valence electrons. The zero-order valence-electron chi connectivity index (χ0n) is 14.3. The quantitative estimate of drug-likeness (QED) is 0.706. The molecule has 0 saturated heterocycles. The van der Waals surface area contributed by atoms with Gasteiger partial charge >= 0.3 is 5.97 Å². The van der Waals surface area contributed by atoms with Crippen molar-refractivity contribution >= 4 is 5.97 Å². The number of ether oxygens (including phenoxy) is 1. The standard InChI is InChI=1S/C20H28O3/c1-3-5-6-19(20(21)22)17-9-7-15(8-10-17)16-11-13-18(14-12-16)23-4-2/h6,11-15,17H,3-5,7-10H2,1-2H3,(H,21,22). The highest BCUT2D eigenvalue weighted by atomic mass is 16.5. The summed E-state index contributed by atoms with van der Waals surface area (Å²) in [7, 11) is 0. The molecule has 0 radical (unpaired) electrons. The molecule has 0 atom stereocenters. The second-order valence-electron chi connectivity index (χ2n) is 6.30. The van der Waals surface area contributed by atoms with Crippen molar-refractivity contribution in [1.82, 2.24) is 0 Å². The number of unbranched alkanes of at least 4 members (excludes halogenated alkanes) is 1. The average molecular weight is 316 g/mol. The summed E-state index contributed by atoms with van der Waals surface area (Å²) in [6.45, 7) is 4.76. The van der Waals surface area contributed by atoms with Gasteiger partial charge in [-0.15, -0.1) is 0 Å². The molecule has 1 aromatic carbocycles. The summed E-state index contributed by atoms with van der Waals surface area (Å²) in [6, 6.07) is 8.38. The number of aliphatic carboxylic acids is 1. The van der Waals surface area contributed by atoms with Crippen molar-refractivity contribution in [2.24, 2.45) is 5.92 Å².